The molecule has 0 aliphatic carbocycles. The molecular weight excluding hydrogens is 322 g/mol. The molecule has 8 heteroatoms. The number of hydrogen-bond donors (Lipinski definition) is 2. The zero-order valence-corrected chi connectivity index (χ0v) is 14.9. The summed E-state index contributed by atoms with van der Waals surface area (Å²) >= 11 is 0. The monoisotopic (exact) mass is 345 g/mol. The van der Waals surface area contributed by atoms with E-state index in [0.29, 0.717) is 29.5 Å². The minimum Gasteiger partial charge on any atom is -0.352 e. The third-order valence-corrected chi connectivity index (χ3v) is 3.44. The molecule has 0 aliphatic heterocycles. The van der Waals surface area contributed by atoms with Crippen molar-refractivity contribution in [3.63, 3.8) is 0 Å². The van der Waals surface area contributed by atoms with Gasteiger partial charge in [-0.3, -0.25) is 4.79 Å². The van der Waals surface area contributed by atoms with Crippen molar-refractivity contribution in [3.05, 3.63) is 41.5 Å². The van der Waals surface area contributed by atoms with E-state index in [4.69, 9.17) is 4.52 Å². The summed E-state index contributed by atoms with van der Waals surface area (Å²) in [5, 5.41) is 9.34. The highest BCUT2D eigenvalue weighted by Crippen LogP contribution is 2.13. The van der Waals surface area contributed by atoms with Gasteiger partial charge in [0.15, 0.2) is 5.82 Å². The maximum atomic E-state index is 12.2. The van der Waals surface area contributed by atoms with Crippen LogP contribution in [0.3, 0.4) is 0 Å². The second-order valence-electron chi connectivity index (χ2n) is 5.93. The summed E-state index contributed by atoms with van der Waals surface area (Å²) in [6.45, 7) is 6.57. The molecule has 8 nitrogen and oxygen atoms in total. The largest absolute Gasteiger partial charge is 0.352 e. The summed E-state index contributed by atoms with van der Waals surface area (Å²) in [6.07, 6.45) is 0. The first-order valence-electron chi connectivity index (χ1n) is 8.13. The molecule has 0 fully saturated rings. The van der Waals surface area contributed by atoms with Crippen molar-refractivity contribution in [2.45, 2.75) is 33.2 Å². The lowest BCUT2D eigenvalue weighted by atomic mass is 10.2. The van der Waals surface area contributed by atoms with E-state index in [-0.39, 0.29) is 24.4 Å². The van der Waals surface area contributed by atoms with Crippen molar-refractivity contribution in [2.75, 3.05) is 18.9 Å². The molecule has 0 aliphatic rings. The second-order valence-corrected chi connectivity index (χ2v) is 5.93. The summed E-state index contributed by atoms with van der Waals surface area (Å²) in [6, 6.07) is 6.38. The van der Waals surface area contributed by atoms with Gasteiger partial charge in [0.1, 0.15) is 0 Å². The average Bonchev–Trinajstić information content (AvgIpc) is 3.04. The van der Waals surface area contributed by atoms with Gasteiger partial charge in [-0.2, -0.15) is 4.98 Å². The molecule has 2 rings (SSSR count). The number of anilines is 1. The van der Waals surface area contributed by atoms with Gasteiger partial charge in [0.25, 0.3) is 5.91 Å². The molecule has 134 valence electrons. The maximum absolute atomic E-state index is 12.2. The minimum atomic E-state index is -0.304. The van der Waals surface area contributed by atoms with Crippen LogP contribution in [0, 0.1) is 0 Å². The summed E-state index contributed by atoms with van der Waals surface area (Å²) in [7, 11) is 1.64. The highest BCUT2D eigenvalue weighted by Gasteiger charge is 2.15. The molecular formula is C17H23N5O3. The molecule has 1 aromatic carbocycles. The molecule has 2 aromatic rings. The highest BCUT2D eigenvalue weighted by atomic mass is 16.5. The standard InChI is InChI=1S/C17H23N5O3/c1-5-18-15(23)12-6-8-13(9-7-12)19-17(24)22(4)10-14-20-16(11(2)3)25-21-14/h6-9,11H,5,10H2,1-4H3,(H,18,23)(H,19,24). The summed E-state index contributed by atoms with van der Waals surface area (Å²) in [5.74, 6) is 0.997. The van der Waals surface area contributed by atoms with E-state index in [1.54, 1.807) is 31.3 Å². The van der Waals surface area contributed by atoms with Crippen LogP contribution < -0.4 is 10.6 Å². The zero-order valence-electron chi connectivity index (χ0n) is 14.9. The lowest BCUT2D eigenvalue weighted by Crippen LogP contribution is -2.31. The Bertz CT molecular complexity index is 724. The number of aromatic nitrogens is 2. The third kappa shape index (κ3) is 5.03. The van der Waals surface area contributed by atoms with Gasteiger partial charge in [-0.25, -0.2) is 4.79 Å². The number of hydrogen-bond acceptors (Lipinski definition) is 5. The number of nitrogens with one attached hydrogen (secondary N) is 2. The molecule has 0 saturated carbocycles. The Kier molecular flexibility index (Phi) is 6.10. The molecule has 0 spiro atoms. The first-order chi connectivity index (χ1) is 11.9. The van der Waals surface area contributed by atoms with Crippen LogP contribution in [-0.4, -0.2) is 40.6 Å². The Hall–Kier alpha value is -2.90. The van der Waals surface area contributed by atoms with Gasteiger partial charge in [0.05, 0.1) is 6.54 Å². The van der Waals surface area contributed by atoms with Crippen LogP contribution in [0.5, 0.6) is 0 Å². The summed E-state index contributed by atoms with van der Waals surface area (Å²) in [5.41, 5.74) is 1.14. The van der Waals surface area contributed by atoms with Crippen molar-refractivity contribution in [1.82, 2.24) is 20.4 Å². The number of amides is 3. The minimum absolute atomic E-state index is 0.142. The quantitative estimate of drug-likeness (QED) is 0.838. The fourth-order valence-corrected chi connectivity index (χ4v) is 2.04. The Morgan fingerprint density at radius 1 is 1.24 bits per heavy atom. The van der Waals surface area contributed by atoms with E-state index in [9.17, 15) is 9.59 Å². The van der Waals surface area contributed by atoms with Crippen LogP contribution in [0.4, 0.5) is 10.5 Å². The lowest BCUT2D eigenvalue weighted by Gasteiger charge is -2.16. The molecule has 0 radical (unpaired) electrons. The number of urea groups is 1. The van der Waals surface area contributed by atoms with Gasteiger partial charge in [-0.05, 0) is 31.2 Å². The van der Waals surface area contributed by atoms with Crippen molar-refractivity contribution in [2.24, 2.45) is 0 Å². The van der Waals surface area contributed by atoms with E-state index in [1.165, 1.54) is 4.90 Å². The van der Waals surface area contributed by atoms with E-state index in [1.807, 2.05) is 20.8 Å². The Labute approximate surface area is 146 Å². The summed E-state index contributed by atoms with van der Waals surface area (Å²) in [4.78, 5) is 29.6. The number of rotatable bonds is 6. The molecule has 0 bridgehead atoms. The van der Waals surface area contributed by atoms with Crippen LogP contribution in [0.1, 0.15) is 48.8 Å². The van der Waals surface area contributed by atoms with E-state index < -0.39 is 0 Å². The first kappa shape index (κ1) is 18.4. The van der Waals surface area contributed by atoms with Crippen molar-refractivity contribution in [3.8, 4) is 0 Å². The highest BCUT2D eigenvalue weighted by molar-refractivity contribution is 5.95. The third-order valence-electron chi connectivity index (χ3n) is 3.44. The Morgan fingerprint density at radius 2 is 1.92 bits per heavy atom. The molecule has 2 N–H and O–H groups in total. The molecule has 25 heavy (non-hydrogen) atoms. The van der Waals surface area contributed by atoms with Crippen LogP contribution in [0.2, 0.25) is 0 Å². The Morgan fingerprint density at radius 3 is 2.48 bits per heavy atom. The lowest BCUT2D eigenvalue weighted by molar-refractivity contribution is 0.0956. The SMILES string of the molecule is CCNC(=O)c1ccc(NC(=O)N(C)Cc2noc(C(C)C)n2)cc1. The van der Waals surface area contributed by atoms with Gasteiger partial charge < -0.3 is 20.1 Å². The molecule has 0 atom stereocenters. The van der Waals surface area contributed by atoms with Gasteiger partial charge in [0, 0.05) is 30.8 Å². The van der Waals surface area contributed by atoms with Crippen LogP contribution >= 0.6 is 0 Å². The number of benzene rings is 1. The topological polar surface area (TPSA) is 100 Å². The molecule has 3 amide bonds. The average molecular weight is 345 g/mol. The van der Waals surface area contributed by atoms with Gasteiger partial charge in [-0.15, -0.1) is 0 Å². The molecule has 0 saturated heterocycles. The van der Waals surface area contributed by atoms with Crippen LogP contribution in [0.15, 0.2) is 28.8 Å². The second kappa shape index (κ2) is 8.27. The van der Waals surface area contributed by atoms with Crippen molar-refractivity contribution in [1.29, 1.82) is 0 Å². The molecule has 1 heterocycles. The smallest absolute Gasteiger partial charge is 0.321 e. The first-order valence-corrected chi connectivity index (χ1v) is 8.13. The molecule has 0 unspecified atom stereocenters. The summed E-state index contributed by atoms with van der Waals surface area (Å²) < 4.78 is 5.12. The van der Waals surface area contributed by atoms with Crippen LogP contribution in [0.25, 0.3) is 0 Å². The zero-order chi connectivity index (χ0) is 18.4. The normalized spacial score (nSPS) is 10.6. The van der Waals surface area contributed by atoms with E-state index in [2.05, 4.69) is 20.8 Å². The maximum Gasteiger partial charge on any atom is 0.321 e. The van der Waals surface area contributed by atoms with Gasteiger partial charge in [-0.1, -0.05) is 19.0 Å². The predicted octanol–water partition coefficient (Wildman–Crippen LogP) is 2.61. The van der Waals surface area contributed by atoms with Gasteiger partial charge in [0.2, 0.25) is 5.89 Å². The fourth-order valence-electron chi connectivity index (χ4n) is 2.04. The number of nitrogens with zero attached hydrogens (tertiary/aromatic N) is 3. The van der Waals surface area contributed by atoms with E-state index in [0.717, 1.165) is 0 Å². The molecule has 1 aromatic heterocycles. The van der Waals surface area contributed by atoms with Crippen LogP contribution in [-0.2, 0) is 6.54 Å². The Balaban J connectivity index is 1.92. The van der Waals surface area contributed by atoms with Gasteiger partial charge >= 0.3 is 6.03 Å². The predicted molar refractivity (Wildman–Crippen MR) is 93.3 cm³/mol. The van der Waals surface area contributed by atoms with E-state index >= 15 is 0 Å². The number of carbonyl (C=O) groups excluding carboxylic acids is 2. The number of carbonyl (C=O) groups is 2. The fraction of sp³-hybridized carbons (Fsp3) is 0.412. The van der Waals surface area contributed by atoms with Crippen molar-refractivity contribution < 1.29 is 14.1 Å². The van der Waals surface area contributed by atoms with Crippen molar-refractivity contribution >= 4 is 17.6 Å².